The minimum atomic E-state index is 0.850. The Morgan fingerprint density at radius 2 is 1.10 bits per heavy atom. The molecule has 9 aromatic rings. The number of furan rings is 1. The molecule has 0 atom stereocenters. The quantitative estimate of drug-likeness (QED) is 0.212. The molecule has 2 heterocycles. The van der Waals surface area contributed by atoms with Gasteiger partial charge >= 0.3 is 0 Å². The highest BCUT2D eigenvalue weighted by Gasteiger charge is 2.15. The first-order valence-corrected chi connectivity index (χ1v) is 13.8. The topological polar surface area (TPSA) is 38.9 Å². The van der Waals surface area contributed by atoms with Gasteiger partial charge in [-0.1, -0.05) is 109 Å². The van der Waals surface area contributed by atoms with Gasteiger partial charge in [0, 0.05) is 32.7 Å². The Morgan fingerprint density at radius 3 is 1.90 bits per heavy atom. The number of nitrogens with zero attached hydrogens (tertiary/aromatic N) is 2. The summed E-state index contributed by atoms with van der Waals surface area (Å²) in [4.78, 5) is 10.2. The highest BCUT2D eigenvalue weighted by Crippen LogP contribution is 2.39. The van der Waals surface area contributed by atoms with E-state index in [9.17, 15) is 0 Å². The van der Waals surface area contributed by atoms with Crippen LogP contribution >= 0.6 is 0 Å². The molecule has 0 aliphatic carbocycles. The maximum Gasteiger partial charge on any atom is 0.143 e. The number of fused-ring (bicyclic) bond motifs is 10. The molecule has 0 aliphatic rings. The van der Waals surface area contributed by atoms with Crippen LogP contribution in [0.5, 0.6) is 0 Å². The molecule has 3 heteroatoms. The number of aromatic nitrogens is 2. The summed E-state index contributed by atoms with van der Waals surface area (Å²) < 4.78 is 6.51. The van der Waals surface area contributed by atoms with Gasteiger partial charge in [0.1, 0.15) is 11.2 Å². The smallest absolute Gasteiger partial charge is 0.143 e. The number of para-hydroxylation sites is 1. The predicted molar refractivity (Wildman–Crippen MR) is 170 cm³/mol. The second-order valence-corrected chi connectivity index (χ2v) is 10.6. The van der Waals surface area contributed by atoms with E-state index >= 15 is 0 Å². The van der Waals surface area contributed by atoms with Gasteiger partial charge in [-0.15, -0.1) is 0 Å². The Labute approximate surface area is 235 Å². The van der Waals surface area contributed by atoms with Crippen LogP contribution in [0.2, 0.25) is 0 Å². The number of hydrogen-bond acceptors (Lipinski definition) is 3. The first-order chi connectivity index (χ1) is 20.3. The van der Waals surface area contributed by atoms with E-state index in [1.54, 1.807) is 0 Å². The van der Waals surface area contributed by atoms with Gasteiger partial charge in [-0.05, 0) is 45.3 Å². The molecule has 9 rings (SSSR count). The summed E-state index contributed by atoms with van der Waals surface area (Å²) >= 11 is 0. The van der Waals surface area contributed by atoms with Gasteiger partial charge < -0.3 is 4.42 Å². The van der Waals surface area contributed by atoms with Gasteiger partial charge in [-0.2, -0.15) is 0 Å². The van der Waals surface area contributed by atoms with E-state index in [-0.39, 0.29) is 0 Å². The summed E-state index contributed by atoms with van der Waals surface area (Å²) in [6.45, 7) is 0. The Morgan fingerprint density at radius 1 is 0.463 bits per heavy atom. The third-order valence-electron chi connectivity index (χ3n) is 8.26. The molecule has 0 unspecified atom stereocenters. The van der Waals surface area contributed by atoms with Crippen molar-refractivity contribution >= 4 is 65.3 Å². The molecule has 190 valence electrons. The van der Waals surface area contributed by atoms with Crippen molar-refractivity contribution in [3.05, 3.63) is 134 Å². The van der Waals surface area contributed by atoms with E-state index in [0.717, 1.165) is 66.1 Å². The average molecular weight is 523 g/mol. The fourth-order valence-electron chi connectivity index (χ4n) is 6.32. The molecule has 0 saturated heterocycles. The van der Waals surface area contributed by atoms with Crippen molar-refractivity contribution in [2.45, 2.75) is 0 Å². The third kappa shape index (κ3) is 3.33. The van der Waals surface area contributed by atoms with Crippen molar-refractivity contribution in [2.75, 3.05) is 0 Å². The molecule has 0 fully saturated rings. The van der Waals surface area contributed by atoms with Gasteiger partial charge in [-0.3, -0.25) is 4.98 Å². The minimum Gasteiger partial charge on any atom is -0.455 e. The SMILES string of the molecule is c1cc(-c2cnc3c4ccccc4c4ccccc4c3n2)cc(-c2cccc3c2oc2cc4ccccc4cc23)c1. The third-order valence-corrected chi connectivity index (χ3v) is 8.26. The van der Waals surface area contributed by atoms with Crippen LogP contribution in [0.1, 0.15) is 0 Å². The molecule has 0 N–H and O–H groups in total. The molecular formula is C38H22N2O. The van der Waals surface area contributed by atoms with Crippen molar-refractivity contribution in [2.24, 2.45) is 0 Å². The van der Waals surface area contributed by atoms with Crippen LogP contribution < -0.4 is 0 Å². The summed E-state index contributed by atoms with van der Waals surface area (Å²) in [6, 6.07) is 44.6. The lowest BCUT2D eigenvalue weighted by atomic mass is 9.98. The molecule has 0 radical (unpaired) electrons. The van der Waals surface area contributed by atoms with E-state index in [2.05, 4.69) is 127 Å². The van der Waals surface area contributed by atoms with E-state index in [1.807, 2.05) is 6.20 Å². The second-order valence-electron chi connectivity index (χ2n) is 10.6. The summed E-state index contributed by atoms with van der Waals surface area (Å²) in [5, 5.41) is 9.28. The highest BCUT2D eigenvalue weighted by molar-refractivity contribution is 6.23. The number of rotatable bonds is 2. The monoisotopic (exact) mass is 522 g/mol. The Balaban J connectivity index is 1.24. The van der Waals surface area contributed by atoms with Gasteiger partial charge in [0.15, 0.2) is 0 Å². The molecule has 41 heavy (non-hydrogen) atoms. The van der Waals surface area contributed by atoms with E-state index in [4.69, 9.17) is 14.4 Å². The number of benzene rings is 7. The van der Waals surface area contributed by atoms with Gasteiger partial charge in [0.2, 0.25) is 0 Å². The van der Waals surface area contributed by atoms with Crippen molar-refractivity contribution in [3.8, 4) is 22.4 Å². The molecule has 0 spiro atoms. The largest absolute Gasteiger partial charge is 0.455 e. The zero-order valence-corrected chi connectivity index (χ0v) is 22.0. The molecule has 2 aromatic heterocycles. The highest BCUT2D eigenvalue weighted by atomic mass is 16.3. The van der Waals surface area contributed by atoms with Crippen molar-refractivity contribution in [1.82, 2.24) is 9.97 Å². The summed E-state index contributed by atoms with van der Waals surface area (Å²) in [6.07, 6.45) is 1.90. The molecule has 0 saturated carbocycles. The zero-order chi connectivity index (χ0) is 26.9. The van der Waals surface area contributed by atoms with Crippen molar-refractivity contribution in [1.29, 1.82) is 0 Å². The molecule has 0 bridgehead atoms. The maximum absolute atomic E-state index is 6.51. The van der Waals surface area contributed by atoms with E-state index < -0.39 is 0 Å². The lowest BCUT2D eigenvalue weighted by molar-refractivity contribution is 0.670. The fourth-order valence-corrected chi connectivity index (χ4v) is 6.32. The van der Waals surface area contributed by atoms with Crippen molar-refractivity contribution < 1.29 is 4.42 Å². The van der Waals surface area contributed by atoms with E-state index in [0.29, 0.717) is 0 Å². The fraction of sp³-hybridized carbons (Fsp3) is 0. The van der Waals surface area contributed by atoms with Crippen LogP contribution in [0.25, 0.3) is 87.7 Å². The van der Waals surface area contributed by atoms with Crippen LogP contribution in [0.3, 0.4) is 0 Å². The van der Waals surface area contributed by atoms with Gasteiger partial charge in [-0.25, -0.2) is 4.98 Å². The van der Waals surface area contributed by atoms with Crippen LogP contribution in [-0.2, 0) is 0 Å². The van der Waals surface area contributed by atoms with E-state index in [1.165, 1.54) is 21.5 Å². The summed E-state index contributed by atoms with van der Waals surface area (Å²) in [5.41, 5.74) is 7.68. The molecule has 0 amide bonds. The van der Waals surface area contributed by atoms with Crippen LogP contribution in [-0.4, -0.2) is 9.97 Å². The Hall–Kier alpha value is -5.54. The molecule has 7 aromatic carbocycles. The minimum absolute atomic E-state index is 0.850. The van der Waals surface area contributed by atoms with Crippen LogP contribution in [0.15, 0.2) is 138 Å². The molecule has 3 nitrogen and oxygen atoms in total. The van der Waals surface area contributed by atoms with Gasteiger partial charge in [0.25, 0.3) is 0 Å². The lowest BCUT2D eigenvalue weighted by Gasteiger charge is -2.11. The zero-order valence-electron chi connectivity index (χ0n) is 22.0. The van der Waals surface area contributed by atoms with Gasteiger partial charge in [0.05, 0.1) is 22.9 Å². The predicted octanol–water partition coefficient (Wildman–Crippen LogP) is 10.3. The standard InChI is InChI=1S/C38H22N2O/c1-2-10-24-21-35-33(20-23(24)9-1)32-18-8-17-27(38(32)41-35)25-11-7-12-26(19-25)34-22-39-36-30-15-5-3-13-28(30)29-14-4-6-16-31(29)37(36)40-34/h1-22H. The van der Waals surface area contributed by atoms with Crippen molar-refractivity contribution in [3.63, 3.8) is 0 Å². The first-order valence-electron chi connectivity index (χ1n) is 13.8. The average Bonchev–Trinajstić information content (AvgIpc) is 3.41. The maximum atomic E-state index is 6.51. The van der Waals surface area contributed by atoms with Crippen LogP contribution in [0.4, 0.5) is 0 Å². The Bertz CT molecular complexity index is 2450. The normalized spacial score (nSPS) is 11.9. The Kier molecular flexibility index (Phi) is 4.61. The second kappa shape index (κ2) is 8.48. The molecule has 0 aliphatic heterocycles. The summed E-state index contributed by atoms with van der Waals surface area (Å²) in [5.74, 6) is 0. The lowest BCUT2D eigenvalue weighted by Crippen LogP contribution is -1.92. The summed E-state index contributed by atoms with van der Waals surface area (Å²) in [7, 11) is 0. The first kappa shape index (κ1) is 22.3. The number of hydrogen-bond donors (Lipinski definition) is 0. The molecular weight excluding hydrogens is 500 g/mol. The van der Waals surface area contributed by atoms with Crippen LogP contribution in [0, 0.1) is 0 Å².